The van der Waals surface area contributed by atoms with Crippen molar-refractivity contribution in [1.29, 1.82) is 0 Å². The van der Waals surface area contributed by atoms with Crippen LogP contribution in [0.1, 0.15) is 20.7 Å². The zero-order chi connectivity index (χ0) is 14.8. The van der Waals surface area contributed by atoms with E-state index < -0.39 is 5.97 Å². The minimum atomic E-state index is -1.07. The molecule has 0 aliphatic rings. The van der Waals surface area contributed by atoms with Gasteiger partial charge in [0.25, 0.3) is 5.91 Å². The minimum Gasteiger partial charge on any atom is -0.478 e. The number of carboxylic acids is 1. The molecule has 21 heavy (non-hydrogen) atoms. The van der Waals surface area contributed by atoms with Crippen LogP contribution in [0.15, 0.2) is 48.8 Å². The molecular weight excluding hydrogens is 270 g/mol. The number of amides is 1. The number of pyridine rings is 1. The molecule has 2 aromatic heterocycles. The van der Waals surface area contributed by atoms with Crippen molar-refractivity contribution in [1.82, 2.24) is 9.97 Å². The van der Waals surface area contributed by atoms with Gasteiger partial charge in [-0.1, -0.05) is 6.07 Å². The number of nitrogens with one attached hydrogen (secondary N) is 2. The first kappa shape index (κ1) is 12.9. The summed E-state index contributed by atoms with van der Waals surface area (Å²) in [5, 5.41) is 12.5. The lowest BCUT2D eigenvalue weighted by molar-refractivity contribution is 0.0697. The van der Waals surface area contributed by atoms with E-state index in [9.17, 15) is 9.59 Å². The number of benzene rings is 1. The van der Waals surface area contributed by atoms with Gasteiger partial charge in [-0.15, -0.1) is 0 Å². The van der Waals surface area contributed by atoms with Crippen LogP contribution in [0.3, 0.4) is 0 Å². The number of hydrogen-bond acceptors (Lipinski definition) is 3. The fourth-order valence-electron chi connectivity index (χ4n) is 2.00. The number of aromatic amines is 1. The van der Waals surface area contributed by atoms with Gasteiger partial charge in [0.1, 0.15) is 5.65 Å². The summed E-state index contributed by atoms with van der Waals surface area (Å²) in [7, 11) is 0. The topological polar surface area (TPSA) is 95.1 Å². The maximum absolute atomic E-state index is 12.1. The number of aromatic nitrogens is 2. The Balaban J connectivity index is 1.85. The Hall–Kier alpha value is -3.15. The van der Waals surface area contributed by atoms with Gasteiger partial charge in [-0.3, -0.25) is 4.79 Å². The number of carboxylic acid groups (broad SMARTS) is 1. The summed E-state index contributed by atoms with van der Waals surface area (Å²) in [6, 6.07) is 9.50. The fourth-order valence-corrected chi connectivity index (χ4v) is 2.00. The lowest BCUT2D eigenvalue weighted by atomic mass is 10.1. The van der Waals surface area contributed by atoms with E-state index in [1.54, 1.807) is 18.3 Å². The summed E-state index contributed by atoms with van der Waals surface area (Å²) in [6.07, 6.45) is 3.30. The van der Waals surface area contributed by atoms with Gasteiger partial charge in [0.05, 0.1) is 17.4 Å². The van der Waals surface area contributed by atoms with E-state index in [2.05, 4.69) is 15.3 Å². The van der Waals surface area contributed by atoms with E-state index in [0.717, 1.165) is 11.0 Å². The molecular formula is C15H11N3O3. The van der Waals surface area contributed by atoms with E-state index in [1.807, 2.05) is 6.07 Å². The average molecular weight is 281 g/mol. The third-order valence-corrected chi connectivity index (χ3v) is 3.03. The number of fused-ring (bicyclic) bond motifs is 1. The van der Waals surface area contributed by atoms with Crippen molar-refractivity contribution in [2.24, 2.45) is 0 Å². The van der Waals surface area contributed by atoms with E-state index in [1.165, 1.54) is 24.4 Å². The standard InChI is InChI=1S/C15H11N3O3/c19-14(10-2-1-3-11(6-10)15(20)21)18-12-7-9-4-5-16-13(9)17-8-12/h1-8H,(H,16,17)(H,18,19)(H,20,21). The smallest absolute Gasteiger partial charge is 0.335 e. The van der Waals surface area contributed by atoms with Gasteiger partial charge < -0.3 is 15.4 Å². The van der Waals surface area contributed by atoms with Gasteiger partial charge in [0, 0.05) is 17.1 Å². The molecule has 0 unspecified atom stereocenters. The van der Waals surface area contributed by atoms with Gasteiger partial charge >= 0.3 is 5.97 Å². The number of H-pyrrole nitrogens is 1. The van der Waals surface area contributed by atoms with Gasteiger partial charge in [0.2, 0.25) is 0 Å². The van der Waals surface area contributed by atoms with E-state index in [-0.39, 0.29) is 17.0 Å². The van der Waals surface area contributed by atoms with Crippen molar-refractivity contribution in [2.75, 3.05) is 5.32 Å². The van der Waals surface area contributed by atoms with Crippen LogP contribution in [0.25, 0.3) is 11.0 Å². The van der Waals surface area contributed by atoms with E-state index >= 15 is 0 Å². The van der Waals surface area contributed by atoms with Crippen molar-refractivity contribution in [3.05, 3.63) is 59.9 Å². The SMILES string of the molecule is O=C(O)c1cccc(C(=O)Nc2cnc3[nH]ccc3c2)c1. The number of rotatable bonds is 3. The molecule has 0 fully saturated rings. The highest BCUT2D eigenvalue weighted by molar-refractivity contribution is 6.06. The highest BCUT2D eigenvalue weighted by atomic mass is 16.4. The van der Waals surface area contributed by atoms with Crippen LogP contribution in [0.5, 0.6) is 0 Å². The molecule has 1 amide bonds. The maximum Gasteiger partial charge on any atom is 0.335 e. The predicted molar refractivity (Wildman–Crippen MR) is 77.4 cm³/mol. The van der Waals surface area contributed by atoms with Crippen molar-refractivity contribution >= 4 is 28.6 Å². The molecule has 0 spiro atoms. The first-order valence-corrected chi connectivity index (χ1v) is 6.21. The van der Waals surface area contributed by atoms with Crippen LogP contribution in [0.4, 0.5) is 5.69 Å². The van der Waals surface area contributed by atoms with Gasteiger partial charge in [-0.2, -0.15) is 0 Å². The Kier molecular flexibility index (Phi) is 3.12. The number of hydrogen-bond donors (Lipinski definition) is 3. The molecule has 0 radical (unpaired) electrons. The van der Waals surface area contributed by atoms with Gasteiger partial charge in [0.15, 0.2) is 0 Å². The third kappa shape index (κ3) is 2.59. The quantitative estimate of drug-likeness (QED) is 0.687. The molecule has 0 saturated carbocycles. The number of nitrogens with zero attached hydrogens (tertiary/aromatic N) is 1. The summed E-state index contributed by atoms with van der Waals surface area (Å²) < 4.78 is 0. The number of aromatic carboxylic acids is 1. The Bertz CT molecular complexity index is 839. The van der Waals surface area contributed by atoms with Crippen LogP contribution in [0.2, 0.25) is 0 Å². The minimum absolute atomic E-state index is 0.0712. The normalized spacial score (nSPS) is 10.5. The maximum atomic E-state index is 12.1. The summed E-state index contributed by atoms with van der Waals surface area (Å²) in [4.78, 5) is 30.2. The predicted octanol–water partition coefficient (Wildman–Crippen LogP) is 2.51. The molecule has 1 aromatic carbocycles. The summed E-state index contributed by atoms with van der Waals surface area (Å²) in [6.45, 7) is 0. The lowest BCUT2D eigenvalue weighted by Gasteiger charge is -2.05. The molecule has 0 aliphatic heterocycles. The van der Waals surface area contributed by atoms with Crippen molar-refractivity contribution < 1.29 is 14.7 Å². The second kappa shape index (κ2) is 5.09. The lowest BCUT2D eigenvalue weighted by Crippen LogP contribution is -2.13. The molecule has 6 nitrogen and oxygen atoms in total. The first-order chi connectivity index (χ1) is 10.1. The summed E-state index contributed by atoms with van der Waals surface area (Å²) in [5.41, 5.74) is 1.64. The van der Waals surface area contributed by atoms with Crippen LogP contribution in [0, 0.1) is 0 Å². The van der Waals surface area contributed by atoms with Crippen LogP contribution < -0.4 is 5.32 Å². The zero-order valence-corrected chi connectivity index (χ0v) is 10.8. The molecule has 3 rings (SSSR count). The molecule has 0 saturated heterocycles. The van der Waals surface area contributed by atoms with Crippen molar-refractivity contribution in [3.8, 4) is 0 Å². The second-order valence-electron chi connectivity index (χ2n) is 4.48. The fraction of sp³-hybridized carbons (Fsp3) is 0. The number of carbonyl (C=O) groups is 2. The molecule has 0 atom stereocenters. The van der Waals surface area contributed by atoms with Crippen molar-refractivity contribution in [3.63, 3.8) is 0 Å². The Morgan fingerprint density at radius 3 is 2.76 bits per heavy atom. The number of carbonyl (C=O) groups excluding carboxylic acids is 1. The van der Waals surface area contributed by atoms with Crippen LogP contribution >= 0.6 is 0 Å². The molecule has 104 valence electrons. The third-order valence-electron chi connectivity index (χ3n) is 3.03. The second-order valence-corrected chi connectivity index (χ2v) is 4.48. The Morgan fingerprint density at radius 1 is 1.14 bits per heavy atom. The van der Waals surface area contributed by atoms with Crippen LogP contribution in [-0.4, -0.2) is 27.0 Å². The molecule has 3 N–H and O–H groups in total. The monoisotopic (exact) mass is 281 g/mol. The first-order valence-electron chi connectivity index (χ1n) is 6.21. The van der Waals surface area contributed by atoms with Gasteiger partial charge in [-0.05, 0) is 30.3 Å². The van der Waals surface area contributed by atoms with Gasteiger partial charge in [-0.25, -0.2) is 9.78 Å². The molecule has 0 aliphatic carbocycles. The highest BCUT2D eigenvalue weighted by Crippen LogP contribution is 2.16. The highest BCUT2D eigenvalue weighted by Gasteiger charge is 2.10. The Morgan fingerprint density at radius 2 is 1.95 bits per heavy atom. The van der Waals surface area contributed by atoms with Crippen LogP contribution in [-0.2, 0) is 0 Å². The molecule has 3 aromatic rings. The van der Waals surface area contributed by atoms with E-state index in [0.29, 0.717) is 5.69 Å². The average Bonchev–Trinajstić information content (AvgIpc) is 2.95. The van der Waals surface area contributed by atoms with Crippen molar-refractivity contribution in [2.45, 2.75) is 0 Å². The van der Waals surface area contributed by atoms with E-state index in [4.69, 9.17) is 5.11 Å². The molecule has 6 heteroatoms. The number of anilines is 1. The largest absolute Gasteiger partial charge is 0.478 e. The zero-order valence-electron chi connectivity index (χ0n) is 10.8. The summed E-state index contributed by atoms with van der Waals surface area (Å²) >= 11 is 0. The molecule has 0 bridgehead atoms. The molecule has 2 heterocycles. The summed E-state index contributed by atoms with van der Waals surface area (Å²) in [5.74, 6) is -1.45. The Labute approximate surface area is 119 Å².